The Morgan fingerprint density at radius 1 is 1.24 bits per heavy atom. The van der Waals surface area contributed by atoms with Crippen LogP contribution in [0.2, 0.25) is 5.02 Å². The SMILES string of the molecule is Fc1cccc(Cl)c1CNCCCC(F)(F)F. The first-order chi connectivity index (χ1) is 7.90. The van der Waals surface area contributed by atoms with Gasteiger partial charge in [-0.3, -0.25) is 0 Å². The van der Waals surface area contributed by atoms with E-state index < -0.39 is 18.4 Å². The van der Waals surface area contributed by atoms with Crippen molar-refractivity contribution >= 4 is 11.6 Å². The molecule has 0 atom stereocenters. The highest BCUT2D eigenvalue weighted by atomic mass is 35.5. The highest BCUT2D eigenvalue weighted by Crippen LogP contribution is 2.21. The van der Waals surface area contributed by atoms with Crippen LogP contribution in [0.15, 0.2) is 18.2 Å². The summed E-state index contributed by atoms with van der Waals surface area (Å²) in [5.74, 6) is -0.458. The van der Waals surface area contributed by atoms with Crippen LogP contribution in [0.1, 0.15) is 18.4 Å². The molecule has 0 aliphatic heterocycles. The molecule has 0 saturated carbocycles. The highest BCUT2D eigenvalue weighted by Gasteiger charge is 2.25. The summed E-state index contributed by atoms with van der Waals surface area (Å²) in [5, 5.41) is 3.00. The molecule has 17 heavy (non-hydrogen) atoms. The smallest absolute Gasteiger partial charge is 0.313 e. The van der Waals surface area contributed by atoms with Crippen LogP contribution in [0.5, 0.6) is 0 Å². The van der Waals surface area contributed by atoms with Crippen LogP contribution < -0.4 is 5.32 Å². The standard InChI is InChI=1S/C11H12ClF4N/c12-9-3-1-4-10(13)8(9)7-17-6-2-5-11(14,15)16/h1,3-4,17H,2,5-7H2. The van der Waals surface area contributed by atoms with Gasteiger partial charge in [0.05, 0.1) is 0 Å². The van der Waals surface area contributed by atoms with Crippen molar-refractivity contribution < 1.29 is 17.6 Å². The van der Waals surface area contributed by atoms with E-state index in [0.29, 0.717) is 0 Å². The van der Waals surface area contributed by atoms with Gasteiger partial charge in [0.25, 0.3) is 0 Å². The molecule has 0 spiro atoms. The molecule has 1 rings (SSSR count). The van der Waals surface area contributed by atoms with Gasteiger partial charge in [-0.1, -0.05) is 17.7 Å². The third-order valence-electron chi connectivity index (χ3n) is 2.18. The first-order valence-corrected chi connectivity index (χ1v) is 5.48. The predicted molar refractivity (Wildman–Crippen MR) is 58.4 cm³/mol. The minimum absolute atomic E-state index is 0.0322. The lowest BCUT2D eigenvalue weighted by Gasteiger charge is -2.09. The summed E-state index contributed by atoms with van der Waals surface area (Å²) >= 11 is 5.75. The van der Waals surface area contributed by atoms with Gasteiger partial charge in [0.1, 0.15) is 5.82 Å². The van der Waals surface area contributed by atoms with Gasteiger partial charge < -0.3 is 5.32 Å². The Morgan fingerprint density at radius 3 is 2.53 bits per heavy atom. The largest absolute Gasteiger partial charge is 0.389 e. The monoisotopic (exact) mass is 269 g/mol. The Hall–Kier alpha value is -0.810. The average molecular weight is 270 g/mol. The highest BCUT2D eigenvalue weighted by molar-refractivity contribution is 6.31. The molecular formula is C11H12ClF4N. The summed E-state index contributed by atoms with van der Waals surface area (Å²) in [6.07, 6.45) is -5.02. The minimum Gasteiger partial charge on any atom is -0.313 e. The Kier molecular flexibility index (Phi) is 5.21. The van der Waals surface area contributed by atoms with Crippen LogP contribution in [0, 0.1) is 5.82 Å². The molecule has 0 unspecified atom stereocenters. The van der Waals surface area contributed by atoms with E-state index in [4.69, 9.17) is 11.6 Å². The van der Waals surface area contributed by atoms with Crippen molar-refractivity contribution in [1.29, 1.82) is 0 Å². The van der Waals surface area contributed by atoms with Gasteiger partial charge in [0.2, 0.25) is 0 Å². The fourth-order valence-electron chi connectivity index (χ4n) is 1.33. The predicted octanol–water partition coefficient (Wildman–Crippen LogP) is 3.91. The molecule has 0 fully saturated rings. The molecule has 0 radical (unpaired) electrons. The fraction of sp³-hybridized carbons (Fsp3) is 0.455. The van der Waals surface area contributed by atoms with Crippen molar-refractivity contribution in [3.63, 3.8) is 0 Å². The van der Waals surface area contributed by atoms with E-state index in [0.717, 1.165) is 0 Å². The summed E-state index contributed by atoms with van der Waals surface area (Å²) < 4.78 is 48.7. The lowest BCUT2D eigenvalue weighted by Crippen LogP contribution is -2.18. The molecule has 0 bridgehead atoms. The van der Waals surface area contributed by atoms with Crippen molar-refractivity contribution in [2.24, 2.45) is 0 Å². The normalized spacial score (nSPS) is 11.8. The summed E-state index contributed by atoms with van der Waals surface area (Å²) in [6.45, 7) is 0.299. The van der Waals surface area contributed by atoms with Crippen LogP contribution in [0.4, 0.5) is 17.6 Å². The van der Waals surface area contributed by atoms with Crippen LogP contribution in [-0.4, -0.2) is 12.7 Å². The van der Waals surface area contributed by atoms with Gasteiger partial charge in [-0.15, -0.1) is 0 Å². The van der Waals surface area contributed by atoms with Crippen LogP contribution in [-0.2, 0) is 6.54 Å². The molecule has 1 nitrogen and oxygen atoms in total. The van der Waals surface area contributed by atoms with E-state index in [1.54, 1.807) is 0 Å². The molecule has 96 valence electrons. The summed E-state index contributed by atoms with van der Waals surface area (Å²) in [7, 11) is 0. The lowest BCUT2D eigenvalue weighted by molar-refractivity contribution is -0.135. The molecule has 0 aliphatic rings. The molecule has 6 heteroatoms. The van der Waals surface area contributed by atoms with Gasteiger partial charge in [-0.25, -0.2) is 4.39 Å². The number of halogens is 5. The quantitative estimate of drug-likeness (QED) is 0.631. The second kappa shape index (κ2) is 6.21. The topological polar surface area (TPSA) is 12.0 Å². The van der Waals surface area contributed by atoms with E-state index in [9.17, 15) is 17.6 Å². The number of hydrogen-bond acceptors (Lipinski definition) is 1. The van der Waals surface area contributed by atoms with Crippen molar-refractivity contribution in [2.75, 3.05) is 6.54 Å². The maximum Gasteiger partial charge on any atom is 0.389 e. The van der Waals surface area contributed by atoms with Gasteiger partial charge in [-0.2, -0.15) is 13.2 Å². The molecule has 0 aromatic heterocycles. The molecule has 0 heterocycles. The molecule has 1 N–H and O–H groups in total. The zero-order valence-corrected chi connectivity index (χ0v) is 9.71. The van der Waals surface area contributed by atoms with E-state index in [-0.39, 0.29) is 30.1 Å². The van der Waals surface area contributed by atoms with E-state index in [1.807, 2.05) is 0 Å². The average Bonchev–Trinajstić information content (AvgIpc) is 2.20. The second-order valence-corrected chi connectivity index (χ2v) is 4.00. The number of rotatable bonds is 5. The summed E-state index contributed by atoms with van der Waals surface area (Å²) in [4.78, 5) is 0. The summed E-state index contributed by atoms with van der Waals surface area (Å²) in [5.41, 5.74) is 0.279. The van der Waals surface area contributed by atoms with Gasteiger partial charge >= 0.3 is 6.18 Å². The van der Waals surface area contributed by atoms with Crippen molar-refractivity contribution in [3.05, 3.63) is 34.6 Å². The lowest BCUT2D eigenvalue weighted by atomic mass is 10.2. The van der Waals surface area contributed by atoms with E-state index in [1.165, 1.54) is 18.2 Å². The van der Waals surface area contributed by atoms with Crippen molar-refractivity contribution in [1.82, 2.24) is 5.32 Å². The molecular weight excluding hydrogens is 258 g/mol. The zero-order chi connectivity index (χ0) is 12.9. The third kappa shape index (κ3) is 5.37. The Labute approximate surface area is 102 Å². The van der Waals surface area contributed by atoms with Crippen LogP contribution in [0.25, 0.3) is 0 Å². The molecule has 0 aliphatic carbocycles. The maximum atomic E-state index is 13.2. The third-order valence-corrected chi connectivity index (χ3v) is 2.53. The molecule has 1 aromatic carbocycles. The van der Waals surface area contributed by atoms with Gasteiger partial charge in [0.15, 0.2) is 0 Å². The summed E-state index contributed by atoms with van der Waals surface area (Å²) in [6, 6.07) is 4.28. The number of alkyl halides is 3. The van der Waals surface area contributed by atoms with Gasteiger partial charge in [-0.05, 0) is 25.1 Å². The Morgan fingerprint density at radius 2 is 1.94 bits per heavy atom. The van der Waals surface area contributed by atoms with Gasteiger partial charge in [0, 0.05) is 23.6 Å². The van der Waals surface area contributed by atoms with E-state index >= 15 is 0 Å². The van der Waals surface area contributed by atoms with E-state index in [2.05, 4.69) is 5.32 Å². The molecule has 0 saturated heterocycles. The molecule has 1 aromatic rings. The number of hydrogen-bond donors (Lipinski definition) is 1. The Balaban J connectivity index is 2.32. The van der Waals surface area contributed by atoms with Crippen molar-refractivity contribution in [3.8, 4) is 0 Å². The maximum absolute atomic E-state index is 13.2. The Bertz CT molecular complexity index is 345. The van der Waals surface area contributed by atoms with Crippen LogP contribution in [0.3, 0.4) is 0 Å². The number of benzene rings is 1. The molecule has 0 amide bonds. The van der Waals surface area contributed by atoms with Crippen molar-refractivity contribution in [2.45, 2.75) is 25.6 Å². The second-order valence-electron chi connectivity index (χ2n) is 3.60. The minimum atomic E-state index is -4.14. The zero-order valence-electron chi connectivity index (χ0n) is 8.95. The first-order valence-electron chi connectivity index (χ1n) is 5.10. The first kappa shape index (κ1) is 14.3. The fourth-order valence-corrected chi connectivity index (χ4v) is 1.56. The number of nitrogens with one attached hydrogen (secondary N) is 1. The van der Waals surface area contributed by atoms with Crippen LogP contribution >= 0.6 is 11.6 Å².